The predicted molar refractivity (Wildman–Crippen MR) is 104 cm³/mol. The molecule has 2 aromatic carbocycles. The van der Waals surface area contributed by atoms with Crippen molar-refractivity contribution >= 4 is 34.6 Å². The van der Waals surface area contributed by atoms with Gasteiger partial charge in [0, 0.05) is 56.0 Å². The molecule has 3 rings (SSSR count). The molecule has 0 unspecified atom stereocenters. The number of piperazine rings is 1. The summed E-state index contributed by atoms with van der Waals surface area (Å²) in [5, 5.41) is 22.0. The fraction of sp³-hybridized carbons (Fsp3) is 0.278. The number of carbonyl (C=O) groups is 1. The van der Waals surface area contributed by atoms with E-state index in [1.54, 1.807) is 11.8 Å². The molecule has 9 nitrogen and oxygen atoms in total. The molecule has 0 bridgehead atoms. The molecule has 0 aromatic heterocycles. The van der Waals surface area contributed by atoms with Crippen molar-refractivity contribution in [2.24, 2.45) is 0 Å². The summed E-state index contributed by atoms with van der Waals surface area (Å²) in [5.74, 6) is -0.193. The molecule has 10 heteroatoms. The Kier molecular flexibility index (Phi) is 5.46. The van der Waals surface area contributed by atoms with Crippen LogP contribution in [0.3, 0.4) is 0 Å². The van der Waals surface area contributed by atoms with Crippen molar-refractivity contribution in [2.75, 3.05) is 31.1 Å². The average molecular weight is 405 g/mol. The third-order valence-electron chi connectivity index (χ3n) is 4.66. The van der Waals surface area contributed by atoms with E-state index in [2.05, 4.69) is 0 Å². The van der Waals surface area contributed by atoms with Gasteiger partial charge in [-0.15, -0.1) is 0 Å². The van der Waals surface area contributed by atoms with Gasteiger partial charge in [0.25, 0.3) is 17.3 Å². The minimum absolute atomic E-state index is 0.0572. The second kappa shape index (κ2) is 7.81. The van der Waals surface area contributed by atoms with Crippen LogP contribution < -0.4 is 4.90 Å². The monoisotopic (exact) mass is 404 g/mol. The summed E-state index contributed by atoms with van der Waals surface area (Å²) < 4.78 is 0. The van der Waals surface area contributed by atoms with Crippen LogP contribution in [0.15, 0.2) is 36.4 Å². The number of hydrogen-bond acceptors (Lipinski definition) is 6. The number of halogens is 1. The van der Waals surface area contributed by atoms with Crippen LogP contribution in [0.25, 0.3) is 0 Å². The number of anilines is 1. The van der Waals surface area contributed by atoms with Gasteiger partial charge >= 0.3 is 0 Å². The standard InChI is InChI=1S/C18H17ClN4O5/c1-12-10-15(23(27)28)11-16(19)17(12)20-6-8-21(9-7-20)18(24)13-2-4-14(5-3-13)22(25)26/h2-5,10-11H,6-9H2,1H3. The number of nitro groups is 2. The number of hydrogen-bond donors (Lipinski definition) is 0. The Balaban J connectivity index is 1.70. The molecule has 1 saturated heterocycles. The van der Waals surface area contributed by atoms with Gasteiger partial charge < -0.3 is 9.80 Å². The Morgan fingerprint density at radius 2 is 1.54 bits per heavy atom. The molecule has 1 heterocycles. The first-order valence-corrected chi connectivity index (χ1v) is 8.89. The average Bonchev–Trinajstić information content (AvgIpc) is 2.67. The molecule has 0 N–H and O–H groups in total. The minimum Gasteiger partial charge on any atom is -0.367 e. The van der Waals surface area contributed by atoms with Gasteiger partial charge in [0.2, 0.25) is 0 Å². The SMILES string of the molecule is Cc1cc([N+](=O)[O-])cc(Cl)c1N1CCN(C(=O)c2ccc([N+](=O)[O-])cc2)CC1. The summed E-state index contributed by atoms with van der Waals surface area (Å²) in [5.41, 5.74) is 1.70. The highest BCUT2D eigenvalue weighted by Gasteiger charge is 2.25. The second-order valence-electron chi connectivity index (χ2n) is 6.43. The molecule has 146 valence electrons. The minimum atomic E-state index is -0.511. The lowest BCUT2D eigenvalue weighted by Crippen LogP contribution is -2.49. The summed E-state index contributed by atoms with van der Waals surface area (Å²) in [6.07, 6.45) is 0. The highest BCUT2D eigenvalue weighted by molar-refractivity contribution is 6.33. The van der Waals surface area contributed by atoms with Crippen molar-refractivity contribution in [3.63, 3.8) is 0 Å². The zero-order valence-electron chi connectivity index (χ0n) is 15.0. The van der Waals surface area contributed by atoms with Crippen LogP contribution in [0.1, 0.15) is 15.9 Å². The summed E-state index contributed by atoms with van der Waals surface area (Å²) in [4.78, 5) is 37.0. The summed E-state index contributed by atoms with van der Waals surface area (Å²) in [7, 11) is 0. The number of aryl methyl sites for hydroxylation is 1. The van der Waals surface area contributed by atoms with Gasteiger partial charge in [0.05, 0.1) is 20.6 Å². The lowest BCUT2D eigenvalue weighted by Gasteiger charge is -2.37. The third-order valence-corrected chi connectivity index (χ3v) is 4.95. The highest BCUT2D eigenvalue weighted by Crippen LogP contribution is 2.34. The van der Waals surface area contributed by atoms with Crippen LogP contribution in [0.2, 0.25) is 5.02 Å². The van der Waals surface area contributed by atoms with Crippen molar-refractivity contribution < 1.29 is 14.6 Å². The molecule has 0 spiro atoms. The fourth-order valence-electron chi connectivity index (χ4n) is 3.27. The zero-order valence-corrected chi connectivity index (χ0v) is 15.8. The van der Waals surface area contributed by atoms with E-state index in [9.17, 15) is 25.0 Å². The number of nitro benzene ring substituents is 2. The molecule has 0 radical (unpaired) electrons. The van der Waals surface area contributed by atoms with E-state index in [4.69, 9.17) is 11.6 Å². The maximum Gasteiger partial charge on any atom is 0.271 e. The van der Waals surface area contributed by atoms with E-state index in [-0.39, 0.29) is 17.3 Å². The Labute approximate surface area is 165 Å². The van der Waals surface area contributed by atoms with Crippen LogP contribution in [0.5, 0.6) is 0 Å². The second-order valence-corrected chi connectivity index (χ2v) is 6.84. The summed E-state index contributed by atoms with van der Waals surface area (Å²) in [6.45, 7) is 3.71. The Hall–Kier alpha value is -3.20. The number of amides is 1. The number of benzene rings is 2. The molecule has 1 amide bonds. The molecular weight excluding hydrogens is 388 g/mol. The molecule has 28 heavy (non-hydrogen) atoms. The Bertz CT molecular complexity index is 916. The van der Waals surface area contributed by atoms with Crippen LogP contribution >= 0.6 is 11.6 Å². The zero-order chi connectivity index (χ0) is 20.4. The maximum atomic E-state index is 12.6. The van der Waals surface area contributed by atoms with Gasteiger partial charge in [-0.3, -0.25) is 25.0 Å². The molecule has 2 aromatic rings. The Morgan fingerprint density at radius 1 is 0.964 bits per heavy atom. The highest BCUT2D eigenvalue weighted by atomic mass is 35.5. The normalized spacial score (nSPS) is 14.1. The van der Waals surface area contributed by atoms with Gasteiger partial charge in [-0.05, 0) is 24.6 Å². The van der Waals surface area contributed by atoms with E-state index >= 15 is 0 Å². The van der Waals surface area contributed by atoms with Gasteiger partial charge in [0.1, 0.15) is 0 Å². The number of non-ortho nitro benzene ring substituents is 2. The summed E-state index contributed by atoms with van der Waals surface area (Å²) >= 11 is 6.27. The quantitative estimate of drug-likeness (QED) is 0.570. The lowest BCUT2D eigenvalue weighted by molar-refractivity contribution is -0.385. The fourth-order valence-corrected chi connectivity index (χ4v) is 3.65. The van der Waals surface area contributed by atoms with Crippen molar-refractivity contribution in [2.45, 2.75) is 6.92 Å². The van der Waals surface area contributed by atoms with Gasteiger partial charge in [-0.1, -0.05) is 11.6 Å². The van der Waals surface area contributed by atoms with Crippen LogP contribution in [0, 0.1) is 27.2 Å². The molecule has 0 saturated carbocycles. The topological polar surface area (TPSA) is 110 Å². The number of carbonyl (C=O) groups excluding carboxylic acids is 1. The molecular formula is C18H17ClN4O5. The van der Waals surface area contributed by atoms with Crippen molar-refractivity contribution in [1.82, 2.24) is 4.90 Å². The first-order valence-electron chi connectivity index (χ1n) is 8.51. The maximum absolute atomic E-state index is 12.6. The first-order chi connectivity index (χ1) is 13.3. The van der Waals surface area contributed by atoms with Crippen molar-refractivity contribution in [3.8, 4) is 0 Å². The Morgan fingerprint density at radius 3 is 2.04 bits per heavy atom. The molecule has 0 aliphatic carbocycles. The van der Waals surface area contributed by atoms with E-state index < -0.39 is 9.85 Å². The molecule has 1 fully saturated rings. The van der Waals surface area contributed by atoms with Crippen molar-refractivity contribution in [1.29, 1.82) is 0 Å². The van der Waals surface area contributed by atoms with Crippen LogP contribution in [0.4, 0.5) is 17.1 Å². The third kappa shape index (κ3) is 3.89. The van der Waals surface area contributed by atoms with Crippen molar-refractivity contribution in [3.05, 3.63) is 72.8 Å². The molecule has 1 aliphatic heterocycles. The lowest BCUT2D eigenvalue weighted by atomic mass is 10.1. The van der Waals surface area contributed by atoms with E-state index in [0.717, 1.165) is 5.69 Å². The number of rotatable bonds is 4. The van der Waals surface area contributed by atoms with E-state index in [0.29, 0.717) is 42.3 Å². The van der Waals surface area contributed by atoms with Gasteiger partial charge in [0.15, 0.2) is 0 Å². The number of nitrogens with zero attached hydrogens (tertiary/aromatic N) is 4. The summed E-state index contributed by atoms with van der Waals surface area (Å²) in [6, 6.07) is 8.33. The van der Waals surface area contributed by atoms with Gasteiger partial charge in [-0.2, -0.15) is 0 Å². The van der Waals surface area contributed by atoms with Crippen LogP contribution in [-0.4, -0.2) is 46.8 Å². The molecule has 0 atom stereocenters. The predicted octanol–water partition coefficient (Wildman–Crippen LogP) is 3.43. The molecule has 1 aliphatic rings. The smallest absolute Gasteiger partial charge is 0.271 e. The first kappa shape index (κ1) is 19.6. The largest absolute Gasteiger partial charge is 0.367 e. The van der Waals surface area contributed by atoms with E-state index in [1.165, 1.54) is 36.4 Å². The van der Waals surface area contributed by atoms with Crippen LogP contribution in [-0.2, 0) is 0 Å². The van der Waals surface area contributed by atoms with E-state index in [1.807, 2.05) is 4.90 Å². The van der Waals surface area contributed by atoms with Gasteiger partial charge in [-0.25, -0.2) is 0 Å².